The lowest BCUT2D eigenvalue weighted by atomic mass is 9.90. The SMILES string of the molecule is CCOC(=O)C(C)(C=CCCO)C(=O)O. The molecule has 0 aromatic heterocycles. The first-order valence-corrected chi connectivity index (χ1v) is 4.68. The quantitative estimate of drug-likeness (QED) is 0.385. The lowest BCUT2D eigenvalue weighted by molar-refractivity contribution is -0.163. The van der Waals surface area contributed by atoms with Gasteiger partial charge in [0.1, 0.15) is 0 Å². The maximum atomic E-state index is 11.4. The minimum atomic E-state index is -1.68. The minimum absolute atomic E-state index is 0.0883. The Labute approximate surface area is 88.4 Å². The fourth-order valence-corrected chi connectivity index (χ4v) is 0.901. The van der Waals surface area contributed by atoms with Gasteiger partial charge in [0.2, 0.25) is 0 Å². The van der Waals surface area contributed by atoms with Gasteiger partial charge in [0, 0.05) is 6.61 Å². The topological polar surface area (TPSA) is 83.8 Å². The van der Waals surface area contributed by atoms with Crippen LogP contribution in [-0.2, 0) is 14.3 Å². The standard InChI is InChI=1S/C10H16O5/c1-3-15-9(14)10(2,8(12)13)6-4-5-7-11/h4,6,11H,3,5,7H2,1-2H3,(H,12,13). The summed E-state index contributed by atoms with van der Waals surface area (Å²) in [6.07, 6.45) is 3.00. The molecule has 5 heteroatoms. The molecule has 0 fully saturated rings. The lowest BCUT2D eigenvalue weighted by Crippen LogP contribution is -2.36. The van der Waals surface area contributed by atoms with Crippen LogP contribution < -0.4 is 0 Å². The Morgan fingerprint density at radius 2 is 2.07 bits per heavy atom. The molecule has 0 aromatic carbocycles. The molecule has 0 amide bonds. The number of esters is 1. The number of aliphatic hydroxyl groups is 1. The molecule has 1 unspecified atom stereocenters. The summed E-state index contributed by atoms with van der Waals surface area (Å²) in [5.41, 5.74) is -1.68. The van der Waals surface area contributed by atoms with E-state index in [1.807, 2.05) is 0 Å². The Bertz CT molecular complexity index is 259. The normalized spacial score (nSPS) is 14.9. The van der Waals surface area contributed by atoms with Crippen molar-refractivity contribution in [2.24, 2.45) is 5.41 Å². The van der Waals surface area contributed by atoms with Crippen molar-refractivity contribution in [3.8, 4) is 0 Å². The molecular formula is C10H16O5. The number of aliphatic carboxylic acids is 1. The van der Waals surface area contributed by atoms with E-state index in [9.17, 15) is 9.59 Å². The average molecular weight is 216 g/mol. The Balaban J connectivity index is 4.73. The van der Waals surface area contributed by atoms with Gasteiger partial charge in [0.25, 0.3) is 0 Å². The first kappa shape index (κ1) is 13.6. The fraction of sp³-hybridized carbons (Fsp3) is 0.600. The third kappa shape index (κ3) is 3.71. The number of carboxylic acid groups (broad SMARTS) is 1. The van der Waals surface area contributed by atoms with Crippen molar-refractivity contribution >= 4 is 11.9 Å². The zero-order valence-corrected chi connectivity index (χ0v) is 8.90. The molecule has 15 heavy (non-hydrogen) atoms. The van der Waals surface area contributed by atoms with Crippen LogP contribution in [0.25, 0.3) is 0 Å². The van der Waals surface area contributed by atoms with Crippen LogP contribution >= 0.6 is 0 Å². The molecule has 0 aliphatic heterocycles. The molecule has 0 aliphatic rings. The maximum Gasteiger partial charge on any atom is 0.327 e. The first-order chi connectivity index (χ1) is 6.99. The molecule has 0 radical (unpaired) electrons. The average Bonchev–Trinajstić information content (AvgIpc) is 2.18. The molecule has 5 nitrogen and oxygen atoms in total. The zero-order chi connectivity index (χ0) is 11.9. The van der Waals surface area contributed by atoms with Gasteiger partial charge in [-0.2, -0.15) is 0 Å². The van der Waals surface area contributed by atoms with E-state index >= 15 is 0 Å². The minimum Gasteiger partial charge on any atom is -0.480 e. The Morgan fingerprint density at radius 1 is 1.47 bits per heavy atom. The second kappa shape index (κ2) is 6.19. The van der Waals surface area contributed by atoms with Crippen LogP contribution in [0.3, 0.4) is 0 Å². The molecule has 0 aromatic rings. The van der Waals surface area contributed by atoms with Crippen LogP contribution in [0.1, 0.15) is 20.3 Å². The van der Waals surface area contributed by atoms with Crippen LogP contribution in [0.5, 0.6) is 0 Å². The van der Waals surface area contributed by atoms with E-state index in [4.69, 9.17) is 10.2 Å². The largest absolute Gasteiger partial charge is 0.480 e. The smallest absolute Gasteiger partial charge is 0.327 e. The molecule has 86 valence electrons. The van der Waals surface area contributed by atoms with Crippen molar-refractivity contribution in [1.82, 2.24) is 0 Å². The lowest BCUT2D eigenvalue weighted by Gasteiger charge is -2.18. The predicted molar refractivity (Wildman–Crippen MR) is 53.2 cm³/mol. The van der Waals surface area contributed by atoms with Gasteiger partial charge in [-0.05, 0) is 20.3 Å². The molecule has 2 N–H and O–H groups in total. The van der Waals surface area contributed by atoms with E-state index in [2.05, 4.69) is 4.74 Å². The van der Waals surface area contributed by atoms with Crippen LogP contribution in [0.15, 0.2) is 12.2 Å². The molecule has 0 heterocycles. The molecule has 0 saturated heterocycles. The van der Waals surface area contributed by atoms with Crippen LogP contribution in [-0.4, -0.2) is 35.4 Å². The Hall–Kier alpha value is -1.36. The van der Waals surface area contributed by atoms with Crippen molar-refractivity contribution in [2.45, 2.75) is 20.3 Å². The zero-order valence-electron chi connectivity index (χ0n) is 8.90. The maximum absolute atomic E-state index is 11.4. The number of rotatable bonds is 6. The van der Waals surface area contributed by atoms with Gasteiger partial charge in [-0.25, -0.2) is 0 Å². The summed E-state index contributed by atoms with van der Waals surface area (Å²) >= 11 is 0. The highest BCUT2D eigenvalue weighted by molar-refractivity contribution is 6.00. The molecule has 1 atom stereocenters. The Kier molecular flexibility index (Phi) is 5.62. The van der Waals surface area contributed by atoms with Gasteiger partial charge in [-0.15, -0.1) is 0 Å². The third-order valence-corrected chi connectivity index (χ3v) is 1.89. The number of aliphatic hydroxyl groups excluding tert-OH is 1. The van der Waals surface area contributed by atoms with Gasteiger partial charge in [0.15, 0.2) is 5.41 Å². The van der Waals surface area contributed by atoms with Crippen LogP contribution in [0.2, 0.25) is 0 Å². The summed E-state index contributed by atoms with van der Waals surface area (Å²) < 4.78 is 4.67. The molecule has 0 spiro atoms. The third-order valence-electron chi connectivity index (χ3n) is 1.89. The van der Waals surface area contributed by atoms with Crippen molar-refractivity contribution in [3.05, 3.63) is 12.2 Å². The highest BCUT2D eigenvalue weighted by Crippen LogP contribution is 2.21. The molecular weight excluding hydrogens is 200 g/mol. The van der Waals surface area contributed by atoms with Crippen molar-refractivity contribution in [3.63, 3.8) is 0 Å². The van der Waals surface area contributed by atoms with Crippen molar-refractivity contribution in [2.75, 3.05) is 13.2 Å². The highest BCUT2D eigenvalue weighted by Gasteiger charge is 2.40. The summed E-state index contributed by atoms with van der Waals surface area (Å²) in [7, 11) is 0. The van der Waals surface area contributed by atoms with E-state index in [1.165, 1.54) is 19.1 Å². The van der Waals surface area contributed by atoms with E-state index < -0.39 is 17.4 Å². The van der Waals surface area contributed by atoms with E-state index in [-0.39, 0.29) is 13.2 Å². The predicted octanol–water partition coefficient (Wildman–Crippen LogP) is 0.579. The van der Waals surface area contributed by atoms with E-state index in [0.29, 0.717) is 6.42 Å². The summed E-state index contributed by atoms with van der Waals surface area (Å²) in [6, 6.07) is 0. The highest BCUT2D eigenvalue weighted by atomic mass is 16.5. The molecule has 0 bridgehead atoms. The van der Waals surface area contributed by atoms with E-state index in [0.717, 1.165) is 0 Å². The number of carboxylic acids is 1. The van der Waals surface area contributed by atoms with Gasteiger partial charge in [-0.1, -0.05) is 12.2 Å². The van der Waals surface area contributed by atoms with Crippen molar-refractivity contribution < 1.29 is 24.5 Å². The first-order valence-electron chi connectivity index (χ1n) is 4.68. The summed E-state index contributed by atoms with van der Waals surface area (Å²) in [5, 5.41) is 17.4. The van der Waals surface area contributed by atoms with E-state index in [1.54, 1.807) is 6.92 Å². The Morgan fingerprint density at radius 3 is 2.47 bits per heavy atom. The summed E-state index contributed by atoms with van der Waals surface area (Å²) in [6.45, 7) is 2.92. The number of carbonyl (C=O) groups excluding carboxylic acids is 1. The molecule has 0 aliphatic carbocycles. The number of hydrogen-bond acceptors (Lipinski definition) is 4. The van der Waals surface area contributed by atoms with Gasteiger partial charge in [-0.3, -0.25) is 9.59 Å². The second-order valence-electron chi connectivity index (χ2n) is 3.14. The molecule has 0 rings (SSSR count). The number of hydrogen-bond donors (Lipinski definition) is 2. The van der Waals surface area contributed by atoms with Crippen LogP contribution in [0.4, 0.5) is 0 Å². The number of ether oxygens (including phenoxy) is 1. The second-order valence-corrected chi connectivity index (χ2v) is 3.14. The van der Waals surface area contributed by atoms with Gasteiger partial charge in [0.05, 0.1) is 6.61 Å². The number of carbonyl (C=O) groups is 2. The van der Waals surface area contributed by atoms with Gasteiger partial charge >= 0.3 is 11.9 Å². The van der Waals surface area contributed by atoms with Crippen LogP contribution in [0, 0.1) is 5.41 Å². The monoisotopic (exact) mass is 216 g/mol. The molecule has 0 saturated carbocycles. The summed E-state index contributed by atoms with van der Waals surface area (Å²) in [5.74, 6) is -2.07. The fourth-order valence-electron chi connectivity index (χ4n) is 0.901. The van der Waals surface area contributed by atoms with Crippen molar-refractivity contribution in [1.29, 1.82) is 0 Å². The van der Waals surface area contributed by atoms with Gasteiger partial charge < -0.3 is 14.9 Å². The summed E-state index contributed by atoms with van der Waals surface area (Å²) in [4.78, 5) is 22.3.